The standard InChI is InChI=1S/C29H32N4O4/c1-28(33-27(35)37-22-12-16-36-19-22,17-21-18-31-24-10-4-3-9-23(21)24)26(34)32-20-29(13-6-2-7-14-29)25-11-5-8-15-30-25/h3-5,8-12,15-16,18-19,31H,2,6-7,13-14,17,20H2,1H3,(H,32,34)(H,33,35)/t28-/m0/s1. The number of carbonyl (C=O) groups excluding carboxylic acids is 2. The van der Waals surface area contributed by atoms with Crippen molar-refractivity contribution in [3.05, 3.63) is 84.7 Å². The summed E-state index contributed by atoms with van der Waals surface area (Å²) in [6.45, 7) is 2.18. The van der Waals surface area contributed by atoms with Crippen LogP contribution in [0.1, 0.15) is 50.3 Å². The maximum atomic E-state index is 13.9. The smallest absolute Gasteiger partial charge is 0.413 e. The van der Waals surface area contributed by atoms with Crippen molar-refractivity contribution in [2.45, 2.75) is 56.4 Å². The number of nitrogens with one attached hydrogen (secondary N) is 3. The van der Waals surface area contributed by atoms with E-state index in [0.29, 0.717) is 6.54 Å². The van der Waals surface area contributed by atoms with Crippen LogP contribution >= 0.6 is 0 Å². The quantitative estimate of drug-likeness (QED) is 0.306. The molecule has 3 heterocycles. The van der Waals surface area contributed by atoms with Crippen LogP contribution in [0.15, 0.2) is 77.9 Å². The minimum Gasteiger partial charge on any atom is -0.469 e. The lowest BCUT2D eigenvalue weighted by atomic mass is 9.71. The molecule has 1 fully saturated rings. The van der Waals surface area contributed by atoms with Gasteiger partial charge in [-0.2, -0.15) is 0 Å². The third kappa shape index (κ3) is 5.38. The van der Waals surface area contributed by atoms with Crippen LogP contribution in [-0.4, -0.2) is 34.1 Å². The van der Waals surface area contributed by atoms with E-state index in [1.807, 2.05) is 54.9 Å². The number of fused-ring (bicyclic) bond motifs is 1. The molecular weight excluding hydrogens is 468 g/mol. The second-order valence-corrected chi connectivity index (χ2v) is 10.1. The van der Waals surface area contributed by atoms with E-state index in [1.54, 1.807) is 6.92 Å². The number of ether oxygens (including phenoxy) is 1. The van der Waals surface area contributed by atoms with Crippen LogP contribution in [0, 0.1) is 0 Å². The van der Waals surface area contributed by atoms with Crippen LogP contribution < -0.4 is 15.4 Å². The van der Waals surface area contributed by atoms with Gasteiger partial charge >= 0.3 is 6.09 Å². The summed E-state index contributed by atoms with van der Waals surface area (Å²) in [5, 5.41) is 7.01. The Balaban J connectivity index is 1.39. The van der Waals surface area contributed by atoms with Crippen molar-refractivity contribution in [2.75, 3.05) is 6.54 Å². The van der Waals surface area contributed by atoms with Gasteiger partial charge in [-0.25, -0.2) is 4.79 Å². The Morgan fingerprint density at radius 3 is 2.68 bits per heavy atom. The van der Waals surface area contributed by atoms with Gasteiger partial charge in [0.05, 0.1) is 6.26 Å². The van der Waals surface area contributed by atoms with E-state index in [9.17, 15) is 9.59 Å². The number of nitrogens with zero attached hydrogens (tertiary/aromatic N) is 1. The molecule has 0 unspecified atom stereocenters. The van der Waals surface area contributed by atoms with Gasteiger partial charge in [-0.15, -0.1) is 0 Å². The fourth-order valence-corrected chi connectivity index (χ4v) is 5.38. The second kappa shape index (κ2) is 10.5. The molecule has 1 aromatic carbocycles. The number of aromatic amines is 1. The molecular formula is C29H32N4O4. The lowest BCUT2D eigenvalue weighted by Crippen LogP contribution is -2.60. The summed E-state index contributed by atoms with van der Waals surface area (Å²) in [5.41, 5.74) is 1.40. The summed E-state index contributed by atoms with van der Waals surface area (Å²) in [5.74, 6) is -0.00790. The van der Waals surface area contributed by atoms with Crippen LogP contribution in [-0.2, 0) is 16.6 Å². The molecule has 3 N–H and O–H groups in total. The van der Waals surface area contributed by atoms with Crippen molar-refractivity contribution < 1.29 is 18.7 Å². The summed E-state index contributed by atoms with van der Waals surface area (Å²) in [6.07, 6.45) is 11.3. The van der Waals surface area contributed by atoms with Crippen LogP contribution in [0.3, 0.4) is 0 Å². The van der Waals surface area contributed by atoms with Gasteiger partial charge in [0.1, 0.15) is 11.8 Å². The highest BCUT2D eigenvalue weighted by Crippen LogP contribution is 2.38. The summed E-state index contributed by atoms with van der Waals surface area (Å²) in [6, 6.07) is 15.4. The molecule has 0 aliphatic heterocycles. The molecule has 1 atom stereocenters. The zero-order valence-electron chi connectivity index (χ0n) is 21.0. The molecule has 1 aliphatic rings. The lowest BCUT2D eigenvalue weighted by Gasteiger charge is -2.38. The highest BCUT2D eigenvalue weighted by molar-refractivity contribution is 5.92. The number of H-pyrrole nitrogens is 1. The molecule has 0 radical (unpaired) electrons. The molecule has 0 bridgehead atoms. The first kappa shape index (κ1) is 24.6. The zero-order chi connectivity index (χ0) is 25.7. The SMILES string of the molecule is C[C@@](Cc1c[nH]c2ccccc12)(NC(=O)Oc1ccoc1)C(=O)NCC1(c2ccccn2)CCCCC1. The predicted octanol–water partition coefficient (Wildman–Crippen LogP) is 5.26. The first-order valence-electron chi connectivity index (χ1n) is 12.7. The molecule has 2 amide bonds. The van der Waals surface area contributed by atoms with Crippen molar-refractivity contribution in [3.8, 4) is 5.75 Å². The van der Waals surface area contributed by atoms with Gasteiger partial charge in [0, 0.05) is 53.4 Å². The average Bonchev–Trinajstić information content (AvgIpc) is 3.58. The van der Waals surface area contributed by atoms with E-state index in [4.69, 9.17) is 9.15 Å². The number of amides is 2. The average molecular weight is 501 g/mol. The molecule has 0 spiro atoms. The number of pyridine rings is 1. The predicted molar refractivity (Wildman–Crippen MR) is 140 cm³/mol. The van der Waals surface area contributed by atoms with Crippen molar-refractivity contribution >= 4 is 22.9 Å². The van der Waals surface area contributed by atoms with Gasteiger partial charge in [-0.3, -0.25) is 9.78 Å². The summed E-state index contributed by atoms with van der Waals surface area (Å²) >= 11 is 0. The number of para-hydroxylation sites is 1. The highest BCUT2D eigenvalue weighted by atomic mass is 16.6. The number of furan rings is 1. The second-order valence-electron chi connectivity index (χ2n) is 10.1. The Hall–Kier alpha value is -4.07. The van der Waals surface area contributed by atoms with Gasteiger partial charge in [-0.1, -0.05) is 43.5 Å². The number of aromatic nitrogens is 2. The van der Waals surface area contributed by atoms with Crippen LogP contribution in [0.25, 0.3) is 10.9 Å². The lowest BCUT2D eigenvalue weighted by molar-refractivity contribution is -0.127. The number of hydrogen-bond donors (Lipinski definition) is 3. The Morgan fingerprint density at radius 2 is 1.92 bits per heavy atom. The normalized spacial score (nSPS) is 16.6. The van der Waals surface area contributed by atoms with Crippen molar-refractivity contribution in [1.82, 2.24) is 20.6 Å². The van der Waals surface area contributed by atoms with E-state index in [1.165, 1.54) is 25.0 Å². The Morgan fingerprint density at radius 1 is 1.11 bits per heavy atom. The van der Waals surface area contributed by atoms with Crippen LogP contribution in [0.2, 0.25) is 0 Å². The number of carbonyl (C=O) groups is 2. The summed E-state index contributed by atoms with van der Waals surface area (Å²) < 4.78 is 10.3. The molecule has 4 aromatic rings. The Bertz CT molecular complexity index is 1340. The van der Waals surface area contributed by atoms with Gasteiger partial charge in [0.25, 0.3) is 0 Å². The fourth-order valence-electron chi connectivity index (χ4n) is 5.38. The van der Waals surface area contributed by atoms with Gasteiger partial charge in [-0.05, 0) is 43.5 Å². The Kier molecular flexibility index (Phi) is 6.99. The zero-order valence-corrected chi connectivity index (χ0v) is 21.0. The third-order valence-electron chi connectivity index (χ3n) is 7.41. The summed E-state index contributed by atoms with van der Waals surface area (Å²) in [4.78, 5) is 34.6. The van der Waals surface area contributed by atoms with Gasteiger partial charge < -0.3 is 24.8 Å². The number of hydrogen-bond acceptors (Lipinski definition) is 5. The molecule has 1 saturated carbocycles. The van der Waals surface area contributed by atoms with E-state index >= 15 is 0 Å². The Labute approximate surface area is 215 Å². The molecule has 8 heteroatoms. The molecule has 0 saturated heterocycles. The summed E-state index contributed by atoms with van der Waals surface area (Å²) in [7, 11) is 0. The van der Waals surface area contributed by atoms with Crippen LogP contribution in [0.5, 0.6) is 5.75 Å². The number of benzene rings is 1. The van der Waals surface area contributed by atoms with Crippen LogP contribution in [0.4, 0.5) is 4.79 Å². The van der Waals surface area contributed by atoms with Crippen molar-refractivity contribution in [2.24, 2.45) is 0 Å². The maximum absolute atomic E-state index is 13.9. The molecule has 8 nitrogen and oxygen atoms in total. The largest absolute Gasteiger partial charge is 0.469 e. The van der Waals surface area contributed by atoms with E-state index in [-0.39, 0.29) is 23.5 Å². The molecule has 1 aliphatic carbocycles. The van der Waals surface area contributed by atoms with E-state index in [2.05, 4.69) is 20.6 Å². The van der Waals surface area contributed by atoms with Crippen molar-refractivity contribution in [1.29, 1.82) is 0 Å². The maximum Gasteiger partial charge on any atom is 0.413 e. The number of rotatable bonds is 8. The molecule has 192 valence electrons. The molecule has 3 aromatic heterocycles. The highest BCUT2D eigenvalue weighted by Gasteiger charge is 2.40. The van der Waals surface area contributed by atoms with E-state index in [0.717, 1.165) is 47.8 Å². The van der Waals surface area contributed by atoms with Crippen molar-refractivity contribution in [3.63, 3.8) is 0 Å². The molecule has 5 rings (SSSR count). The topological polar surface area (TPSA) is 109 Å². The monoisotopic (exact) mass is 500 g/mol. The third-order valence-corrected chi connectivity index (χ3v) is 7.41. The van der Waals surface area contributed by atoms with E-state index < -0.39 is 11.6 Å². The van der Waals surface area contributed by atoms with Gasteiger partial charge in [0.2, 0.25) is 5.91 Å². The van der Waals surface area contributed by atoms with Gasteiger partial charge in [0.15, 0.2) is 5.75 Å². The fraction of sp³-hybridized carbons (Fsp3) is 0.345. The minimum atomic E-state index is -1.27. The molecule has 37 heavy (non-hydrogen) atoms. The first-order valence-corrected chi connectivity index (χ1v) is 12.7. The minimum absolute atomic E-state index is 0.228. The first-order chi connectivity index (χ1) is 18.0.